The molecular formula is C13H22ClNO. The van der Waals surface area contributed by atoms with E-state index in [0.29, 0.717) is 0 Å². The normalized spacial score (nSPS) is 11.7. The second kappa shape index (κ2) is 8.43. The lowest BCUT2D eigenvalue weighted by Gasteiger charge is -2.12. The van der Waals surface area contributed by atoms with Crippen molar-refractivity contribution < 1.29 is 4.74 Å². The Balaban J connectivity index is 0.00000225. The molecule has 3 heteroatoms. The monoisotopic (exact) mass is 243 g/mol. The van der Waals surface area contributed by atoms with Gasteiger partial charge in [-0.3, -0.25) is 0 Å². The van der Waals surface area contributed by atoms with E-state index in [4.69, 9.17) is 10.5 Å². The maximum absolute atomic E-state index is 6.09. The van der Waals surface area contributed by atoms with Gasteiger partial charge in [0.15, 0.2) is 0 Å². The minimum atomic E-state index is 0. The number of rotatable bonds is 6. The molecule has 0 fully saturated rings. The van der Waals surface area contributed by atoms with Crippen molar-refractivity contribution in [2.75, 3.05) is 7.11 Å². The van der Waals surface area contributed by atoms with E-state index in [-0.39, 0.29) is 18.4 Å². The van der Waals surface area contributed by atoms with Crippen LogP contribution >= 0.6 is 12.4 Å². The second-order valence-corrected chi connectivity index (χ2v) is 3.88. The number of hydrogen-bond donors (Lipinski definition) is 1. The van der Waals surface area contributed by atoms with Crippen LogP contribution in [-0.4, -0.2) is 7.11 Å². The zero-order valence-corrected chi connectivity index (χ0v) is 10.9. The number of hydrogen-bond acceptors (Lipinski definition) is 2. The molecule has 92 valence electrons. The van der Waals surface area contributed by atoms with Crippen LogP contribution in [0.3, 0.4) is 0 Å². The molecule has 0 aliphatic rings. The fraction of sp³-hybridized carbons (Fsp3) is 0.538. The summed E-state index contributed by atoms with van der Waals surface area (Å²) in [5.74, 6) is 0.888. The van der Waals surface area contributed by atoms with Gasteiger partial charge in [-0.05, 0) is 24.1 Å². The molecule has 0 saturated heterocycles. The Bertz CT molecular complexity index is 274. The number of unbranched alkanes of at least 4 members (excludes halogenated alkanes) is 2. The topological polar surface area (TPSA) is 35.2 Å². The van der Waals surface area contributed by atoms with Gasteiger partial charge in [-0.25, -0.2) is 0 Å². The first-order valence-electron chi connectivity index (χ1n) is 5.67. The Labute approximate surface area is 105 Å². The van der Waals surface area contributed by atoms with Crippen molar-refractivity contribution in [2.24, 2.45) is 5.73 Å². The predicted molar refractivity (Wildman–Crippen MR) is 71.3 cm³/mol. The second-order valence-electron chi connectivity index (χ2n) is 3.88. The van der Waals surface area contributed by atoms with Crippen molar-refractivity contribution in [3.05, 3.63) is 29.8 Å². The first-order chi connectivity index (χ1) is 7.27. The minimum Gasteiger partial charge on any atom is -0.497 e. The van der Waals surface area contributed by atoms with Crippen molar-refractivity contribution in [3.8, 4) is 5.75 Å². The van der Waals surface area contributed by atoms with Gasteiger partial charge in [0.25, 0.3) is 0 Å². The van der Waals surface area contributed by atoms with E-state index >= 15 is 0 Å². The molecule has 1 aromatic carbocycles. The Hall–Kier alpha value is -0.730. The van der Waals surface area contributed by atoms with Gasteiger partial charge in [0.1, 0.15) is 5.75 Å². The molecule has 0 aromatic heterocycles. The summed E-state index contributed by atoms with van der Waals surface area (Å²) in [4.78, 5) is 0. The zero-order chi connectivity index (χ0) is 11.1. The highest BCUT2D eigenvalue weighted by molar-refractivity contribution is 5.85. The van der Waals surface area contributed by atoms with Gasteiger partial charge >= 0.3 is 0 Å². The lowest BCUT2D eigenvalue weighted by molar-refractivity contribution is 0.414. The highest BCUT2D eigenvalue weighted by atomic mass is 35.5. The lowest BCUT2D eigenvalue weighted by atomic mass is 10.0. The minimum absolute atomic E-state index is 0. The van der Waals surface area contributed by atoms with Gasteiger partial charge in [-0.1, -0.05) is 38.3 Å². The van der Waals surface area contributed by atoms with E-state index in [9.17, 15) is 0 Å². The number of nitrogens with two attached hydrogens (primary N) is 1. The molecule has 0 aliphatic carbocycles. The van der Waals surface area contributed by atoms with Crippen LogP contribution in [0.15, 0.2) is 24.3 Å². The molecule has 0 spiro atoms. The van der Waals surface area contributed by atoms with E-state index in [0.717, 1.165) is 12.2 Å². The van der Waals surface area contributed by atoms with Gasteiger partial charge in [0.2, 0.25) is 0 Å². The van der Waals surface area contributed by atoms with Crippen LogP contribution < -0.4 is 10.5 Å². The first kappa shape index (κ1) is 15.3. The van der Waals surface area contributed by atoms with Crippen molar-refractivity contribution in [1.82, 2.24) is 0 Å². The van der Waals surface area contributed by atoms with Crippen LogP contribution in [0.25, 0.3) is 0 Å². The maximum Gasteiger partial charge on any atom is 0.118 e. The van der Waals surface area contributed by atoms with Crippen LogP contribution in [0.2, 0.25) is 0 Å². The molecule has 2 nitrogen and oxygen atoms in total. The van der Waals surface area contributed by atoms with Gasteiger partial charge in [-0.15, -0.1) is 12.4 Å². The number of halogens is 1. The van der Waals surface area contributed by atoms with Crippen molar-refractivity contribution in [3.63, 3.8) is 0 Å². The van der Waals surface area contributed by atoms with Gasteiger partial charge in [0, 0.05) is 6.04 Å². The molecule has 0 saturated carbocycles. The smallest absolute Gasteiger partial charge is 0.118 e. The van der Waals surface area contributed by atoms with Crippen molar-refractivity contribution >= 4 is 12.4 Å². The van der Waals surface area contributed by atoms with Crippen LogP contribution in [0.4, 0.5) is 0 Å². The highest BCUT2D eigenvalue weighted by Crippen LogP contribution is 2.20. The quantitative estimate of drug-likeness (QED) is 0.774. The van der Waals surface area contributed by atoms with E-state index in [2.05, 4.69) is 19.1 Å². The summed E-state index contributed by atoms with van der Waals surface area (Å²) in [6.45, 7) is 2.21. The Morgan fingerprint density at radius 3 is 2.31 bits per heavy atom. The molecular weight excluding hydrogens is 222 g/mol. The fourth-order valence-corrected chi connectivity index (χ4v) is 1.63. The third-order valence-electron chi connectivity index (χ3n) is 2.66. The molecule has 0 amide bonds. The SMILES string of the molecule is CCCCCC(N)c1ccc(OC)cc1.Cl. The zero-order valence-electron chi connectivity index (χ0n) is 10.1. The molecule has 0 radical (unpaired) electrons. The standard InChI is InChI=1S/C13H21NO.ClH/c1-3-4-5-6-13(14)11-7-9-12(15-2)10-8-11;/h7-10,13H,3-6,14H2,1-2H3;1H. The molecule has 1 aromatic rings. The summed E-state index contributed by atoms with van der Waals surface area (Å²) in [5.41, 5.74) is 7.29. The van der Waals surface area contributed by atoms with Gasteiger partial charge < -0.3 is 10.5 Å². The first-order valence-corrected chi connectivity index (χ1v) is 5.67. The van der Waals surface area contributed by atoms with E-state index in [1.807, 2.05) is 12.1 Å². The molecule has 2 N–H and O–H groups in total. The number of benzene rings is 1. The van der Waals surface area contributed by atoms with Crippen molar-refractivity contribution in [1.29, 1.82) is 0 Å². The van der Waals surface area contributed by atoms with Crippen LogP contribution in [0, 0.1) is 0 Å². The van der Waals surface area contributed by atoms with Crippen molar-refractivity contribution in [2.45, 2.75) is 38.6 Å². The summed E-state index contributed by atoms with van der Waals surface area (Å²) in [5, 5.41) is 0. The van der Waals surface area contributed by atoms with Crippen LogP contribution in [0.1, 0.15) is 44.2 Å². The predicted octanol–water partition coefficient (Wildman–Crippen LogP) is 3.70. The molecule has 0 heterocycles. The molecule has 0 aliphatic heterocycles. The van der Waals surface area contributed by atoms with Gasteiger partial charge in [0.05, 0.1) is 7.11 Å². The molecule has 16 heavy (non-hydrogen) atoms. The molecule has 1 rings (SSSR count). The number of methoxy groups -OCH3 is 1. The van der Waals surface area contributed by atoms with Crippen LogP contribution in [-0.2, 0) is 0 Å². The van der Waals surface area contributed by atoms with Crippen LogP contribution in [0.5, 0.6) is 5.75 Å². The van der Waals surface area contributed by atoms with E-state index in [1.165, 1.54) is 24.8 Å². The molecule has 1 atom stereocenters. The summed E-state index contributed by atoms with van der Waals surface area (Å²) in [6, 6.07) is 8.21. The summed E-state index contributed by atoms with van der Waals surface area (Å²) in [7, 11) is 1.68. The highest BCUT2D eigenvalue weighted by Gasteiger charge is 2.05. The summed E-state index contributed by atoms with van der Waals surface area (Å²) in [6.07, 6.45) is 4.79. The summed E-state index contributed by atoms with van der Waals surface area (Å²) >= 11 is 0. The molecule has 1 unspecified atom stereocenters. The largest absolute Gasteiger partial charge is 0.497 e. The summed E-state index contributed by atoms with van der Waals surface area (Å²) < 4.78 is 5.11. The molecule has 0 bridgehead atoms. The van der Waals surface area contributed by atoms with E-state index in [1.54, 1.807) is 7.11 Å². The third kappa shape index (κ3) is 4.86. The number of ether oxygens (including phenoxy) is 1. The fourth-order valence-electron chi connectivity index (χ4n) is 1.63. The van der Waals surface area contributed by atoms with Gasteiger partial charge in [-0.2, -0.15) is 0 Å². The Morgan fingerprint density at radius 2 is 1.81 bits per heavy atom. The van der Waals surface area contributed by atoms with E-state index < -0.39 is 0 Å². The maximum atomic E-state index is 6.09. The average molecular weight is 244 g/mol. The average Bonchev–Trinajstić information content (AvgIpc) is 2.29. The Morgan fingerprint density at radius 1 is 1.19 bits per heavy atom. The Kier molecular flexibility index (Phi) is 8.04. The third-order valence-corrected chi connectivity index (χ3v) is 2.66. The lowest BCUT2D eigenvalue weighted by Crippen LogP contribution is -2.09.